The average Bonchev–Trinajstić information content (AvgIpc) is 3.11. The Morgan fingerprint density at radius 3 is 2.62 bits per heavy atom. The van der Waals surface area contributed by atoms with E-state index >= 15 is 0 Å². The van der Waals surface area contributed by atoms with Gasteiger partial charge in [0.2, 0.25) is 0 Å². The van der Waals surface area contributed by atoms with Gasteiger partial charge in [0.05, 0.1) is 11.1 Å². The van der Waals surface area contributed by atoms with Crippen LogP contribution in [0.3, 0.4) is 0 Å². The largest absolute Gasteiger partial charge is 0.370 e. The maximum Gasteiger partial charge on any atom is 0.313 e. The quantitative estimate of drug-likeness (QED) is 0.128. The van der Waals surface area contributed by atoms with Crippen molar-refractivity contribution in [1.82, 2.24) is 15.5 Å². The first-order valence-electron chi connectivity index (χ1n) is 10.5. The minimum absolute atomic E-state index is 0.0946. The van der Waals surface area contributed by atoms with Crippen LogP contribution in [0.1, 0.15) is 22.7 Å². The second-order valence-electron chi connectivity index (χ2n) is 8.23. The van der Waals surface area contributed by atoms with Crippen molar-refractivity contribution in [2.24, 2.45) is 23.1 Å². The van der Waals surface area contributed by atoms with Gasteiger partial charge < -0.3 is 33.2 Å². The van der Waals surface area contributed by atoms with Crippen molar-refractivity contribution >= 4 is 35.1 Å². The Hall–Kier alpha value is -3.25. The zero-order valence-electron chi connectivity index (χ0n) is 18.6. The molecule has 0 unspecified atom stereocenters. The minimum atomic E-state index is -0.946. The number of guanidine groups is 1. The Kier molecular flexibility index (Phi) is 8.05. The van der Waals surface area contributed by atoms with Gasteiger partial charge >= 0.3 is 11.8 Å². The van der Waals surface area contributed by atoms with Crippen LogP contribution < -0.4 is 33.2 Å². The van der Waals surface area contributed by atoms with Gasteiger partial charge in [-0.15, -0.1) is 0 Å². The number of nitrogens with zero attached hydrogens (tertiary/aromatic N) is 1. The fourth-order valence-corrected chi connectivity index (χ4v) is 3.98. The van der Waals surface area contributed by atoms with Gasteiger partial charge in [-0.25, -0.2) is 4.39 Å². The van der Waals surface area contributed by atoms with E-state index in [4.69, 9.17) is 34.2 Å². The van der Waals surface area contributed by atoms with E-state index in [1.54, 1.807) is 11.9 Å². The van der Waals surface area contributed by atoms with Crippen LogP contribution >= 0.6 is 11.6 Å². The Balaban J connectivity index is 1.79. The molecular weight excluding hydrogens is 463 g/mol. The highest BCUT2D eigenvalue weighted by atomic mass is 35.5. The zero-order valence-corrected chi connectivity index (χ0v) is 19.3. The molecule has 2 atom stereocenters. The predicted octanol–water partition coefficient (Wildman–Crippen LogP) is 0.563. The first kappa shape index (κ1) is 25.4. The summed E-state index contributed by atoms with van der Waals surface area (Å²) in [6.45, 7) is 0.812. The standard InChI is InChI=1S/C22H28ClFN8O2/c1-32(22(27)28)10-11-2-3-12-7-13(9-29-21(25)26)18(15(12)6-11)31-20(34)19(33)30-14-4-5-16(23)17(24)8-14/h2-6,8,13,18,22H,7,9-10,27-28H2,1H3,(H,30,33)(H,31,34)(H4,25,26,29)/t13-,18-/m1/s1. The van der Waals surface area contributed by atoms with Crippen molar-refractivity contribution in [3.8, 4) is 0 Å². The zero-order chi connectivity index (χ0) is 25.0. The molecule has 0 heterocycles. The van der Waals surface area contributed by atoms with Gasteiger partial charge in [-0.2, -0.15) is 0 Å². The highest BCUT2D eigenvalue weighted by molar-refractivity contribution is 6.39. The monoisotopic (exact) mass is 490 g/mol. The van der Waals surface area contributed by atoms with Crippen molar-refractivity contribution in [2.75, 3.05) is 18.9 Å². The van der Waals surface area contributed by atoms with E-state index in [9.17, 15) is 14.0 Å². The molecule has 1 aliphatic rings. The lowest BCUT2D eigenvalue weighted by molar-refractivity contribution is -0.136. The highest BCUT2D eigenvalue weighted by Crippen LogP contribution is 2.36. The number of carbonyl (C=O) groups excluding carboxylic acids is 2. The van der Waals surface area contributed by atoms with Crippen LogP contribution in [0.5, 0.6) is 0 Å². The average molecular weight is 491 g/mol. The second kappa shape index (κ2) is 10.8. The molecule has 12 heteroatoms. The second-order valence-corrected chi connectivity index (χ2v) is 8.64. The normalized spacial score (nSPS) is 16.9. The number of anilines is 1. The molecule has 0 spiro atoms. The third-order valence-electron chi connectivity index (χ3n) is 5.66. The lowest BCUT2D eigenvalue weighted by Crippen LogP contribution is -2.45. The highest BCUT2D eigenvalue weighted by Gasteiger charge is 2.35. The number of rotatable bonds is 7. The Bertz CT molecular complexity index is 1100. The molecule has 3 rings (SSSR count). The number of nitrogens with two attached hydrogens (primary N) is 3. The Labute approximate surface area is 201 Å². The van der Waals surface area contributed by atoms with Gasteiger partial charge in [-0.3, -0.25) is 19.9 Å². The van der Waals surface area contributed by atoms with Crippen LogP contribution in [0.15, 0.2) is 36.4 Å². The number of benzene rings is 2. The SMILES string of the molecule is CN(Cc1ccc2c(c1)[C@H](NC(=O)C(=O)Nc1ccc(Cl)c(F)c1)[C@@H](CNC(=N)N)C2)C(N)N. The molecular formula is C22H28ClFN8O2. The summed E-state index contributed by atoms with van der Waals surface area (Å²) in [5.74, 6) is -2.89. The summed E-state index contributed by atoms with van der Waals surface area (Å²) in [5.41, 5.74) is 19.8. The smallest absolute Gasteiger partial charge is 0.313 e. The molecule has 2 aromatic rings. The molecule has 0 bridgehead atoms. The van der Waals surface area contributed by atoms with Crippen molar-refractivity contribution in [1.29, 1.82) is 5.41 Å². The Morgan fingerprint density at radius 2 is 1.97 bits per heavy atom. The number of fused-ring (bicyclic) bond motifs is 1. The van der Waals surface area contributed by atoms with Crippen molar-refractivity contribution < 1.29 is 14.0 Å². The number of amides is 2. The van der Waals surface area contributed by atoms with Gasteiger partial charge in [-0.05, 0) is 48.4 Å². The molecule has 10 N–H and O–H groups in total. The van der Waals surface area contributed by atoms with Gasteiger partial charge in [0.15, 0.2) is 5.96 Å². The number of hydrogen-bond acceptors (Lipinski definition) is 6. The molecule has 0 radical (unpaired) electrons. The molecule has 0 aromatic heterocycles. The summed E-state index contributed by atoms with van der Waals surface area (Å²) < 4.78 is 13.7. The number of hydrogen-bond donors (Lipinski definition) is 7. The summed E-state index contributed by atoms with van der Waals surface area (Å²) in [4.78, 5) is 27.0. The van der Waals surface area contributed by atoms with Gasteiger partial charge in [-0.1, -0.05) is 29.8 Å². The number of carbonyl (C=O) groups is 2. The molecule has 0 saturated heterocycles. The van der Waals surface area contributed by atoms with Crippen LogP contribution in [0.25, 0.3) is 0 Å². The molecule has 1 aliphatic carbocycles. The maximum atomic E-state index is 13.7. The molecule has 0 saturated carbocycles. The fraction of sp³-hybridized carbons (Fsp3) is 0.318. The third-order valence-corrected chi connectivity index (χ3v) is 5.97. The lowest BCUT2D eigenvalue weighted by atomic mass is 9.99. The first-order chi connectivity index (χ1) is 16.0. The van der Waals surface area contributed by atoms with Gasteiger partial charge in [0.1, 0.15) is 12.1 Å². The van der Waals surface area contributed by atoms with E-state index < -0.39 is 30.0 Å². The molecule has 2 amide bonds. The number of halogens is 2. The molecule has 10 nitrogen and oxygen atoms in total. The van der Waals surface area contributed by atoms with E-state index in [2.05, 4.69) is 16.0 Å². The van der Waals surface area contributed by atoms with E-state index in [1.165, 1.54) is 12.1 Å². The van der Waals surface area contributed by atoms with Crippen LogP contribution in [-0.4, -0.2) is 42.6 Å². The summed E-state index contributed by atoms with van der Waals surface area (Å²) >= 11 is 5.66. The summed E-state index contributed by atoms with van der Waals surface area (Å²) in [5, 5.41) is 15.3. The van der Waals surface area contributed by atoms with E-state index in [1.807, 2.05) is 18.2 Å². The lowest BCUT2D eigenvalue weighted by Gasteiger charge is -2.23. The topological polar surface area (TPSA) is 175 Å². The first-order valence-corrected chi connectivity index (χ1v) is 10.9. The fourth-order valence-electron chi connectivity index (χ4n) is 3.86. The van der Waals surface area contributed by atoms with E-state index in [0.717, 1.165) is 22.8 Å². The maximum absolute atomic E-state index is 13.7. The summed E-state index contributed by atoms with van der Waals surface area (Å²) in [6, 6.07) is 9.06. The van der Waals surface area contributed by atoms with Crippen LogP contribution in [0, 0.1) is 17.1 Å². The van der Waals surface area contributed by atoms with Crippen LogP contribution in [0.4, 0.5) is 10.1 Å². The van der Waals surface area contributed by atoms with Crippen molar-refractivity contribution in [2.45, 2.75) is 25.3 Å². The molecule has 182 valence electrons. The molecule has 0 fully saturated rings. The third kappa shape index (κ3) is 6.20. The van der Waals surface area contributed by atoms with Crippen molar-refractivity contribution in [3.63, 3.8) is 0 Å². The molecule has 2 aromatic carbocycles. The van der Waals surface area contributed by atoms with Gasteiger partial charge in [0.25, 0.3) is 0 Å². The molecule has 0 aliphatic heterocycles. The number of nitrogens with one attached hydrogen (secondary N) is 4. The predicted molar refractivity (Wildman–Crippen MR) is 128 cm³/mol. The summed E-state index contributed by atoms with van der Waals surface area (Å²) in [7, 11) is 1.79. The minimum Gasteiger partial charge on any atom is -0.370 e. The molecule has 34 heavy (non-hydrogen) atoms. The van der Waals surface area contributed by atoms with E-state index in [-0.39, 0.29) is 22.6 Å². The summed E-state index contributed by atoms with van der Waals surface area (Å²) in [6.07, 6.45) is -0.0189. The van der Waals surface area contributed by atoms with Gasteiger partial charge in [0, 0.05) is 24.7 Å². The Morgan fingerprint density at radius 1 is 1.24 bits per heavy atom. The van der Waals surface area contributed by atoms with Crippen LogP contribution in [-0.2, 0) is 22.6 Å². The van der Waals surface area contributed by atoms with Crippen molar-refractivity contribution in [3.05, 3.63) is 63.9 Å². The van der Waals surface area contributed by atoms with E-state index in [0.29, 0.717) is 19.5 Å². The van der Waals surface area contributed by atoms with Crippen LogP contribution in [0.2, 0.25) is 5.02 Å².